The van der Waals surface area contributed by atoms with Crippen LogP contribution in [0.4, 0.5) is 11.4 Å². The maximum absolute atomic E-state index is 13.1. The molecule has 28 heavy (non-hydrogen) atoms. The van der Waals surface area contributed by atoms with Crippen molar-refractivity contribution in [2.45, 2.75) is 38.0 Å². The Morgan fingerprint density at radius 3 is 3.00 bits per heavy atom. The highest BCUT2D eigenvalue weighted by molar-refractivity contribution is 5.96. The molecule has 1 aromatic heterocycles. The zero-order chi connectivity index (χ0) is 19.5. The number of piperidine rings is 1. The molecule has 0 spiro atoms. The van der Waals surface area contributed by atoms with Crippen molar-refractivity contribution in [2.75, 3.05) is 36.4 Å². The predicted octanol–water partition coefficient (Wildman–Crippen LogP) is 0.191. The zero-order valence-electron chi connectivity index (χ0n) is 16.0. The molecule has 1 aromatic rings. The van der Waals surface area contributed by atoms with Gasteiger partial charge in [0.1, 0.15) is 0 Å². The molecule has 0 radical (unpaired) electrons. The van der Waals surface area contributed by atoms with Gasteiger partial charge in [0.25, 0.3) is 0 Å². The number of rotatable bonds is 4. The van der Waals surface area contributed by atoms with Crippen molar-refractivity contribution in [3.63, 3.8) is 0 Å². The predicted molar refractivity (Wildman–Crippen MR) is 106 cm³/mol. The van der Waals surface area contributed by atoms with Gasteiger partial charge in [-0.15, -0.1) is 0 Å². The van der Waals surface area contributed by atoms with Crippen molar-refractivity contribution in [3.05, 3.63) is 18.5 Å². The van der Waals surface area contributed by atoms with Crippen molar-refractivity contribution in [1.82, 2.24) is 20.7 Å². The Labute approximate surface area is 165 Å². The smallest absolute Gasteiger partial charge is 0.233 e. The lowest BCUT2D eigenvalue weighted by molar-refractivity contribution is -0.121. The summed E-state index contributed by atoms with van der Waals surface area (Å²) in [5.74, 6) is -0.325. The monoisotopic (exact) mass is 384 g/mol. The summed E-state index contributed by atoms with van der Waals surface area (Å²) in [7, 11) is 0. The van der Waals surface area contributed by atoms with E-state index in [1.807, 2.05) is 11.1 Å². The molecule has 1 amide bonds. The minimum Gasteiger partial charge on any atom is -0.370 e. The Balaban J connectivity index is 1.46. The SMILES string of the molecule is N#CCC1CNC2C(C(=O)Nc3cnccc3N3CCCCC3)C(N)NN2C1. The maximum Gasteiger partial charge on any atom is 0.233 e. The van der Waals surface area contributed by atoms with Crippen LogP contribution in [0.5, 0.6) is 0 Å². The molecule has 9 heteroatoms. The minimum absolute atomic E-state index is 0.120. The van der Waals surface area contributed by atoms with E-state index in [4.69, 9.17) is 11.0 Å². The second-order valence-corrected chi connectivity index (χ2v) is 7.84. The van der Waals surface area contributed by atoms with Crippen molar-refractivity contribution >= 4 is 17.3 Å². The number of pyridine rings is 1. The number of nitrogens with one attached hydrogen (secondary N) is 3. The van der Waals surface area contributed by atoms with E-state index < -0.39 is 12.1 Å². The topological polar surface area (TPSA) is 122 Å². The molecular formula is C19H28N8O. The van der Waals surface area contributed by atoms with Gasteiger partial charge in [0, 0.05) is 38.8 Å². The van der Waals surface area contributed by atoms with Crippen molar-refractivity contribution in [3.8, 4) is 6.07 Å². The second kappa shape index (κ2) is 8.41. The number of nitrogens with zero attached hydrogens (tertiary/aromatic N) is 4. The highest BCUT2D eigenvalue weighted by Crippen LogP contribution is 2.30. The Morgan fingerprint density at radius 1 is 1.39 bits per heavy atom. The van der Waals surface area contributed by atoms with Crippen molar-refractivity contribution in [2.24, 2.45) is 17.6 Å². The third-order valence-electron chi connectivity index (χ3n) is 5.88. The average Bonchev–Trinajstić information content (AvgIpc) is 3.04. The molecule has 9 nitrogen and oxygen atoms in total. The summed E-state index contributed by atoms with van der Waals surface area (Å²) in [5.41, 5.74) is 11.2. The number of hydrogen-bond acceptors (Lipinski definition) is 8. The van der Waals surface area contributed by atoms with Crippen LogP contribution in [0.3, 0.4) is 0 Å². The quantitative estimate of drug-likeness (QED) is 0.580. The third-order valence-corrected chi connectivity index (χ3v) is 5.88. The fourth-order valence-electron chi connectivity index (χ4n) is 4.46. The number of carbonyl (C=O) groups excluding carboxylic acids is 1. The molecule has 3 aliphatic rings. The number of aromatic nitrogens is 1. The molecule has 4 rings (SSSR count). The van der Waals surface area contributed by atoms with E-state index in [1.165, 1.54) is 6.42 Å². The van der Waals surface area contributed by atoms with Crippen LogP contribution in [0.1, 0.15) is 25.7 Å². The fraction of sp³-hybridized carbons (Fsp3) is 0.632. The van der Waals surface area contributed by atoms with E-state index in [0.29, 0.717) is 19.5 Å². The minimum atomic E-state index is -0.478. The lowest BCUT2D eigenvalue weighted by Crippen LogP contribution is -2.57. The normalized spacial score (nSPS) is 30.5. The van der Waals surface area contributed by atoms with Crippen molar-refractivity contribution in [1.29, 1.82) is 5.26 Å². The van der Waals surface area contributed by atoms with Gasteiger partial charge in [-0.05, 0) is 31.2 Å². The summed E-state index contributed by atoms with van der Waals surface area (Å²) >= 11 is 0. The first kappa shape index (κ1) is 19.1. The number of amides is 1. The van der Waals surface area contributed by atoms with Gasteiger partial charge in [-0.25, -0.2) is 10.4 Å². The van der Waals surface area contributed by atoms with Crippen LogP contribution in [0.25, 0.3) is 0 Å². The molecule has 0 aliphatic carbocycles. The largest absolute Gasteiger partial charge is 0.370 e. The second-order valence-electron chi connectivity index (χ2n) is 7.84. The number of fused-ring (bicyclic) bond motifs is 1. The highest BCUT2D eigenvalue weighted by Gasteiger charge is 2.46. The Bertz CT molecular complexity index is 744. The van der Waals surface area contributed by atoms with Gasteiger partial charge in [-0.1, -0.05) is 0 Å². The van der Waals surface area contributed by atoms with E-state index in [1.54, 1.807) is 12.4 Å². The molecule has 0 aromatic carbocycles. The number of nitriles is 1. The lowest BCUT2D eigenvalue weighted by atomic mass is 9.98. The molecule has 150 valence electrons. The number of nitrogens with two attached hydrogens (primary N) is 1. The Kier molecular flexibility index (Phi) is 5.73. The van der Waals surface area contributed by atoms with E-state index in [0.717, 1.165) is 37.3 Å². The van der Waals surface area contributed by atoms with E-state index in [-0.39, 0.29) is 18.0 Å². The summed E-state index contributed by atoms with van der Waals surface area (Å²) in [6.45, 7) is 3.40. The molecule has 3 fully saturated rings. The first-order valence-corrected chi connectivity index (χ1v) is 10.1. The highest BCUT2D eigenvalue weighted by atomic mass is 16.2. The third kappa shape index (κ3) is 3.82. The van der Waals surface area contributed by atoms with Gasteiger partial charge in [-0.2, -0.15) is 5.26 Å². The number of hydrazine groups is 1. The summed E-state index contributed by atoms with van der Waals surface area (Å²) in [6.07, 6.45) is 6.89. The fourth-order valence-corrected chi connectivity index (χ4v) is 4.46. The molecule has 5 N–H and O–H groups in total. The van der Waals surface area contributed by atoms with Crippen LogP contribution in [-0.4, -0.2) is 54.4 Å². The number of carbonyl (C=O) groups is 1. The lowest BCUT2D eigenvalue weighted by Gasteiger charge is -2.36. The van der Waals surface area contributed by atoms with Crippen LogP contribution >= 0.6 is 0 Å². The van der Waals surface area contributed by atoms with E-state index in [9.17, 15) is 4.79 Å². The van der Waals surface area contributed by atoms with E-state index >= 15 is 0 Å². The summed E-state index contributed by atoms with van der Waals surface area (Å²) in [6, 6.07) is 4.18. The van der Waals surface area contributed by atoms with Gasteiger partial charge in [-0.3, -0.25) is 15.1 Å². The molecule has 3 saturated heterocycles. The first-order valence-electron chi connectivity index (χ1n) is 10.1. The maximum atomic E-state index is 13.1. The van der Waals surface area contributed by atoms with Crippen LogP contribution in [0.15, 0.2) is 18.5 Å². The van der Waals surface area contributed by atoms with Crippen LogP contribution in [0.2, 0.25) is 0 Å². The molecule has 0 saturated carbocycles. The van der Waals surface area contributed by atoms with Gasteiger partial charge < -0.3 is 16.0 Å². The van der Waals surface area contributed by atoms with Gasteiger partial charge in [0.05, 0.1) is 41.9 Å². The van der Waals surface area contributed by atoms with Gasteiger partial charge in [0.2, 0.25) is 5.91 Å². The van der Waals surface area contributed by atoms with Crippen LogP contribution < -0.4 is 26.7 Å². The molecule has 0 bridgehead atoms. The van der Waals surface area contributed by atoms with Crippen LogP contribution in [0, 0.1) is 23.2 Å². The summed E-state index contributed by atoms with van der Waals surface area (Å²) in [5, 5.41) is 17.4. The van der Waals surface area contributed by atoms with Gasteiger partial charge >= 0.3 is 0 Å². The van der Waals surface area contributed by atoms with Gasteiger partial charge in [0.15, 0.2) is 0 Å². The summed E-state index contributed by atoms with van der Waals surface area (Å²) < 4.78 is 0. The zero-order valence-corrected chi connectivity index (χ0v) is 16.0. The molecule has 4 heterocycles. The molecule has 4 unspecified atom stereocenters. The van der Waals surface area contributed by atoms with Crippen LogP contribution in [-0.2, 0) is 4.79 Å². The standard InChI is InChI=1S/C19H28N8O/c20-6-4-13-10-23-18-16(17(21)25-27(18)12-13)19(28)24-14-11-22-7-5-15(14)26-8-2-1-3-9-26/h5,7,11,13,16-18,23,25H,1-4,8-10,12,21H2,(H,24,28). The number of anilines is 2. The Hall–Kier alpha value is -2.25. The first-order chi connectivity index (χ1) is 13.7. The van der Waals surface area contributed by atoms with Crippen molar-refractivity contribution < 1.29 is 4.79 Å². The molecule has 4 atom stereocenters. The molecule has 3 aliphatic heterocycles. The molecular weight excluding hydrogens is 356 g/mol. The Morgan fingerprint density at radius 2 is 2.21 bits per heavy atom. The number of hydrogen-bond donors (Lipinski definition) is 4. The summed E-state index contributed by atoms with van der Waals surface area (Å²) in [4.78, 5) is 19.6. The average molecular weight is 384 g/mol. The van der Waals surface area contributed by atoms with E-state index in [2.05, 4.69) is 32.0 Å².